The van der Waals surface area contributed by atoms with Crippen molar-refractivity contribution < 1.29 is 19.2 Å². The molecule has 0 aromatic heterocycles. The van der Waals surface area contributed by atoms with E-state index < -0.39 is 11.2 Å². The van der Waals surface area contributed by atoms with Crippen LogP contribution in [0.5, 0.6) is 0 Å². The molecule has 25 heavy (non-hydrogen) atoms. The van der Waals surface area contributed by atoms with Gasteiger partial charge in [0.15, 0.2) is 5.76 Å². The highest BCUT2D eigenvalue weighted by atomic mass is 16.7. The summed E-state index contributed by atoms with van der Waals surface area (Å²) in [4.78, 5) is 22.4. The highest BCUT2D eigenvalue weighted by Gasteiger charge is 2.28. The summed E-state index contributed by atoms with van der Waals surface area (Å²) in [5, 5.41) is 14.8. The zero-order valence-corrected chi connectivity index (χ0v) is 12.9. The van der Waals surface area contributed by atoms with Gasteiger partial charge in [0, 0.05) is 11.6 Å². The number of rotatable bonds is 5. The third-order valence-corrected chi connectivity index (χ3v) is 3.33. The molecule has 2 aromatic carbocycles. The summed E-state index contributed by atoms with van der Waals surface area (Å²) >= 11 is 0. The van der Waals surface area contributed by atoms with Crippen LogP contribution in [0.3, 0.4) is 0 Å². The zero-order chi connectivity index (χ0) is 17.6. The van der Waals surface area contributed by atoms with Gasteiger partial charge in [-0.1, -0.05) is 30.3 Å². The second-order valence-corrected chi connectivity index (χ2v) is 4.99. The zero-order valence-electron chi connectivity index (χ0n) is 12.9. The first-order chi connectivity index (χ1) is 12.1. The molecule has 3 rings (SSSR count). The molecule has 0 bridgehead atoms. The van der Waals surface area contributed by atoms with E-state index in [0.29, 0.717) is 11.1 Å². The van der Waals surface area contributed by atoms with E-state index in [4.69, 9.17) is 9.47 Å². The van der Waals surface area contributed by atoms with Gasteiger partial charge in [0.25, 0.3) is 17.9 Å². The third kappa shape index (κ3) is 3.81. The highest BCUT2D eigenvalue weighted by molar-refractivity contribution is 5.94. The van der Waals surface area contributed by atoms with E-state index in [-0.39, 0.29) is 17.4 Å². The summed E-state index contributed by atoms with van der Waals surface area (Å²) in [5.74, 6) is -0.136. The van der Waals surface area contributed by atoms with Gasteiger partial charge in [-0.3, -0.25) is 14.9 Å². The van der Waals surface area contributed by atoms with E-state index in [1.807, 2.05) is 0 Å². The molecule has 1 N–H and O–H groups in total. The van der Waals surface area contributed by atoms with Crippen LogP contribution in [0.2, 0.25) is 0 Å². The van der Waals surface area contributed by atoms with Crippen molar-refractivity contribution in [2.24, 2.45) is 5.10 Å². The fourth-order valence-corrected chi connectivity index (χ4v) is 2.17. The molecular formula is C17H13N3O5. The van der Waals surface area contributed by atoms with Crippen LogP contribution in [0.15, 0.2) is 71.7 Å². The van der Waals surface area contributed by atoms with Gasteiger partial charge in [-0.15, -0.1) is 0 Å². The number of hydrogen-bond acceptors (Lipinski definition) is 6. The molecule has 8 heteroatoms. The molecule has 0 radical (unpaired) electrons. The fourth-order valence-electron chi connectivity index (χ4n) is 2.17. The van der Waals surface area contributed by atoms with Crippen molar-refractivity contribution in [3.63, 3.8) is 0 Å². The number of hydrazone groups is 1. The Hall–Kier alpha value is -3.68. The van der Waals surface area contributed by atoms with Gasteiger partial charge < -0.3 is 9.47 Å². The second-order valence-electron chi connectivity index (χ2n) is 4.99. The number of hydrogen-bond donors (Lipinski definition) is 1. The number of nitrogens with zero attached hydrogens (tertiary/aromatic N) is 2. The molecule has 1 aliphatic rings. The van der Waals surface area contributed by atoms with E-state index in [1.165, 1.54) is 18.5 Å². The van der Waals surface area contributed by atoms with Crippen molar-refractivity contribution in [3.05, 3.63) is 87.9 Å². The monoisotopic (exact) mass is 339 g/mol. The molecule has 0 saturated carbocycles. The van der Waals surface area contributed by atoms with Crippen LogP contribution in [0.1, 0.15) is 22.2 Å². The minimum Gasteiger partial charge on any atom is -0.454 e. The Morgan fingerprint density at radius 1 is 1.16 bits per heavy atom. The minimum absolute atomic E-state index is 0.100. The maximum absolute atomic E-state index is 11.8. The molecule has 1 amide bonds. The van der Waals surface area contributed by atoms with E-state index in [1.54, 1.807) is 48.5 Å². The maximum atomic E-state index is 11.8. The van der Waals surface area contributed by atoms with E-state index in [0.717, 1.165) is 0 Å². The minimum atomic E-state index is -0.937. The summed E-state index contributed by atoms with van der Waals surface area (Å²) in [7, 11) is 0. The first-order valence-corrected chi connectivity index (χ1v) is 7.29. The Morgan fingerprint density at radius 3 is 2.64 bits per heavy atom. The first-order valence-electron chi connectivity index (χ1n) is 7.29. The Labute approximate surface area is 142 Å². The number of carbonyl (C=O) groups is 1. The Kier molecular flexibility index (Phi) is 4.70. The number of nitrogens with one attached hydrogen (secondary N) is 1. The van der Waals surface area contributed by atoms with Crippen molar-refractivity contribution in [2.45, 2.75) is 6.29 Å². The Morgan fingerprint density at radius 2 is 1.88 bits per heavy atom. The van der Waals surface area contributed by atoms with Crippen LogP contribution >= 0.6 is 0 Å². The van der Waals surface area contributed by atoms with Gasteiger partial charge in [-0.25, -0.2) is 5.43 Å². The summed E-state index contributed by atoms with van der Waals surface area (Å²) in [6.45, 7) is 0. The lowest BCUT2D eigenvalue weighted by atomic mass is 10.2. The molecular weight excluding hydrogens is 326 g/mol. The molecule has 0 fully saturated rings. The molecule has 1 unspecified atom stereocenters. The normalized spacial score (nSPS) is 16.0. The van der Waals surface area contributed by atoms with Crippen LogP contribution in [0.4, 0.5) is 5.69 Å². The van der Waals surface area contributed by atoms with Crippen LogP contribution in [-0.2, 0) is 9.47 Å². The lowest BCUT2D eigenvalue weighted by Crippen LogP contribution is -2.17. The Bertz CT molecular complexity index is 848. The molecule has 1 atom stereocenters. The van der Waals surface area contributed by atoms with Crippen LogP contribution in [0.25, 0.3) is 0 Å². The quantitative estimate of drug-likeness (QED) is 0.512. The molecule has 0 spiro atoms. The average Bonchev–Trinajstić information content (AvgIpc) is 3.11. The largest absolute Gasteiger partial charge is 0.454 e. The van der Waals surface area contributed by atoms with Crippen molar-refractivity contribution >= 4 is 17.8 Å². The van der Waals surface area contributed by atoms with Crippen molar-refractivity contribution in [2.75, 3.05) is 0 Å². The summed E-state index contributed by atoms with van der Waals surface area (Å²) < 4.78 is 10.8. The number of nitro groups is 1. The van der Waals surface area contributed by atoms with Crippen molar-refractivity contribution in [1.29, 1.82) is 0 Å². The van der Waals surface area contributed by atoms with Gasteiger partial charge >= 0.3 is 0 Å². The number of nitro benzene ring substituents is 1. The van der Waals surface area contributed by atoms with Gasteiger partial charge in [0.1, 0.15) is 11.8 Å². The Balaban J connectivity index is 1.60. The van der Waals surface area contributed by atoms with Crippen molar-refractivity contribution in [1.82, 2.24) is 5.43 Å². The molecule has 8 nitrogen and oxygen atoms in total. The summed E-state index contributed by atoms with van der Waals surface area (Å²) in [6.07, 6.45) is 1.60. The molecule has 1 heterocycles. The standard InChI is InChI=1S/C17H13N3O5/c21-16(12-6-2-1-3-7-12)19-18-10-13-11-24-17(25-13)14-8-4-5-9-15(14)20(22)23/h1-11,17H,(H,19,21). The number of amides is 1. The van der Waals surface area contributed by atoms with Gasteiger partial charge in [-0.2, -0.15) is 5.10 Å². The number of carbonyl (C=O) groups excluding carboxylic acids is 1. The smallest absolute Gasteiger partial charge is 0.280 e. The number of ether oxygens (including phenoxy) is 2. The topological polar surface area (TPSA) is 103 Å². The second kappa shape index (κ2) is 7.26. The molecule has 0 aliphatic carbocycles. The lowest BCUT2D eigenvalue weighted by Gasteiger charge is -2.11. The molecule has 2 aromatic rings. The maximum Gasteiger partial charge on any atom is 0.280 e. The number of allylic oxidation sites excluding steroid dienone is 1. The summed E-state index contributed by atoms with van der Waals surface area (Å²) in [5.41, 5.74) is 3.02. The van der Waals surface area contributed by atoms with Gasteiger partial charge in [0.2, 0.25) is 0 Å². The number of benzene rings is 2. The van der Waals surface area contributed by atoms with E-state index in [9.17, 15) is 14.9 Å². The average molecular weight is 339 g/mol. The van der Waals surface area contributed by atoms with E-state index >= 15 is 0 Å². The summed E-state index contributed by atoms with van der Waals surface area (Å²) in [6, 6.07) is 14.7. The SMILES string of the molecule is O=C(NN=CC1=COC(c2ccccc2[N+](=O)[O-])O1)c1ccccc1. The van der Waals surface area contributed by atoms with Crippen LogP contribution in [-0.4, -0.2) is 17.0 Å². The predicted molar refractivity (Wildman–Crippen MR) is 88.5 cm³/mol. The molecule has 0 saturated heterocycles. The van der Waals surface area contributed by atoms with E-state index in [2.05, 4.69) is 10.5 Å². The van der Waals surface area contributed by atoms with Crippen molar-refractivity contribution in [3.8, 4) is 0 Å². The van der Waals surface area contributed by atoms with Crippen LogP contribution in [0, 0.1) is 10.1 Å². The molecule has 126 valence electrons. The van der Waals surface area contributed by atoms with Gasteiger partial charge in [-0.05, 0) is 18.2 Å². The van der Waals surface area contributed by atoms with Crippen LogP contribution < -0.4 is 5.43 Å². The molecule has 1 aliphatic heterocycles. The highest BCUT2D eigenvalue weighted by Crippen LogP contribution is 2.33. The van der Waals surface area contributed by atoms with Gasteiger partial charge in [0.05, 0.1) is 11.1 Å². The lowest BCUT2D eigenvalue weighted by molar-refractivity contribution is -0.386. The first kappa shape index (κ1) is 16.2. The predicted octanol–water partition coefficient (Wildman–Crippen LogP) is 2.90. The fraction of sp³-hybridized carbons (Fsp3) is 0.0588. The number of para-hydroxylation sites is 1. The third-order valence-electron chi connectivity index (χ3n) is 3.33.